The van der Waals surface area contributed by atoms with Crippen molar-refractivity contribution in [3.8, 4) is 0 Å². The second-order valence-corrected chi connectivity index (χ2v) is 9.37. The highest BCUT2D eigenvalue weighted by Crippen LogP contribution is 2.22. The largest absolute Gasteiger partial charge is 0.354 e. The Labute approximate surface area is 164 Å². The summed E-state index contributed by atoms with van der Waals surface area (Å²) in [6.07, 6.45) is 6.98. The summed E-state index contributed by atoms with van der Waals surface area (Å²) in [5.74, 6) is -0.278. The van der Waals surface area contributed by atoms with Crippen molar-refractivity contribution in [2.45, 2.75) is 51.1 Å². The van der Waals surface area contributed by atoms with Gasteiger partial charge in [0.05, 0.1) is 6.26 Å². The molecule has 152 valence electrons. The Balaban J connectivity index is 1.94. The van der Waals surface area contributed by atoms with Crippen molar-refractivity contribution in [2.24, 2.45) is 0 Å². The van der Waals surface area contributed by atoms with Gasteiger partial charge in [0, 0.05) is 26.2 Å². The minimum Gasteiger partial charge on any atom is -0.354 e. The first-order valence-electron chi connectivity index (χ1n) is 9.84. The maximum Gasteiger partial charge on any atom is 0.242 e. The molecule has 1 fully saturated rings. The lowest BCUT2D eigenvalue weighted by molar-refractivity contribution is -0.124. The van der Waals surface area contributed by atoms with Crippen molar-refractivity contribution in [3.63, 3.8) is 0 Å². The minimum absolute atomic E-state index is 0.278. The van der Waals surface area contributed by atoms with Gasteiger partial charge >= 0.3 is 0 Å². The van der Waals surface area contributed by atoms with Gasteiger partial charge in [-0.2, -0.15) is 4.31 Å². The molecule has 0 saturated carbocycles. The van der Waals surface area contributed by atoms with E-state index >= 15 is 0 Å². The summed E-state index contributed by atoms with van der Waals surface area (Å²) >= 11 is 0. The van der Waals surface area contributed by atoms with Gasteiger partial charge in [0.2, 0.25) is 15.9 Å². The third kappa shape index (κ3) is 6.30. The van der Waals surface area contributed by atoms with E-state index in [0.29, 0.717) is 18.2 Å². The number of piperidine rings is 1. The lowest BCUT2D eigenvalue weighted by Gasteiger charge is -2.35. The van der Waals surface area contributed by atoms with Gasteiger partial charge in [-0.05, 0) is 37.8 Å². The van der Waals surface area contributed by atoms with E-state index in [1.807, 2.05) is 18.2 Å². The molecular formula is C20H33N3O3S. The Morgan fingerprint density at radius 2 is 2.00 bits per heavy atom. The van der Waals surface area contributed by atoms with Crippen LogP contribution in [0.2, 0.25) is 0 Å². The predicted octanol–water partition coefficient (Wildman–Crippen LogP) is 2.39. The lowest BCUT2D eigenvalue weighted by atomic mass is 10.00. The molecule has 0 radical (unpaired) electrons. The first-order chi connectivity index (χ1) is 12.8. The van der Waals surface area contributed by atoms with Crippen molar-refractivity contribution >= 4 is 15.9 Å². The van der Waals surface area contributed by atoms with Gasteiger partial charge in [0.25, 0.3) is 0 Å². The first-order valence-corrected chi connectivity index (χ1v) is 11.7. The van der Waals surface area contributed by atoms with Gasteiger partial charge in [0.1, 0.15) is 6.04 Å². The van der Waals surface area contributed by atoms with Gasteiger partial charge in [-0.1, -0.05) is 43.7 Å². The van der Waals surface area contributed by atoms with E-state index in [-0.39, 0.29) is 5.91 Å². The summed E-state index contributed by atoms with van der Waals surface area (Å²) in [7, 11) is -2.04. The second kappa shape index (κ2) is 10.2. The standard InChI is InChI=1S/C20H33N3O3S/c1-4-18-13-8-9-15-23(18)16-10-14-21-20(24)19(22(2)27(3,25)26)17-11-6-5-7-12-17/h5-7,11-12,18-19H,4,8-10,13-16H2,1-3H3,(H,21,24)/t18-,19+/m1/s1. The molecule has 1 N–H and O–H groups in total. The zero-order valence-electron chi connectivity index (χ0n) is 16.7. The summed E-state index contributed by atoms with van der Waals surface area (Å²) in [4.78, 5) is 15.3. The maximum atomic E-state index is 12.8. The highest BCUT2D eigenvalue weighted by Gasteiger charge is 2.30. The molecule has 0 aliphatic carbocycles. The van der Waals surface area contributed by atoms with Crippen molar-refractivity contribution in [1.29, 1.82) is 0 Å². The van der Waals surface area contributed by atoms with Crippen LogP contribution in [0.15, 0.2) is 30.3 Å². The van der Waals surface area contributed by atoms with Crippen LogP contribution in [0.25, 0.3) is 0 Å². The van der Waals surface area contributed by atoms with Crippen LogP contribution in [0.1, 0.15) is 50.6 Å². The predicted molar refractivity (Wildman–Crippen MR) is 109 cm³/mol. The Bertz CT molecular complexity index is 694. The van der Waals surface area contributed by atoms with E-state index in [4.69, 9.17) is 0 Å². The quantitative estimate of drug-likeness (QED) is 0.652. The summed E-state index contributed by atoms with van der Waals surface area (Å²) in [5.41, 5.74) is 0.671. The Morgan fingerprint density at radius 1 is 1.30 bits per heavy atom. The maximum absolute atomic E-state index is 12.8. The summed E-state index contributed by atoms with van der Waals surface area (Å²) in [5, 5.41) is 2.93. The van der Waals surface area contributed by atoms with Crippen molar-refractivity contribution < 1.29 is 13.2 Å². The molecule has 1 aromatic carbocycles. The number of benzene rings is 1. The molecule has 6 nitrogen and oxygen atoms in total. The Morgan fingerprint density at radius 3 is 2.63 bits per heavy atom. The van der Waals surface area contributed by atoms with E-state index in [1.54, 1.807) is 12.1 Å². The fourth-order valence-electron chi connectivity index (χ4n) is 3.76. The highest BCUT2D eigenvalue weighted by molar-refractivity contribution is 7.88. The van der Waals surface area contributed by atoms with E-state index in [2.05, 4.69) is 17.1 Å². The van der Waals surface area contributed by atoms with Crippen molar-refractivity contribution in [2.75, 3.05) is 32.9 Å². The number of sulfonamides is 1. The number of hydrogen-bond donors (Lipinski definition) is 1. The molecule has 0 bridgehead atoms. The van der Waals surface area contributed by atoms with Gasteiger partial charge in [-0.3, -0.25) is 4.79 Å². The van der Waals surface area contributed by atoms with Crippen LogP contribution in [0, 0.1) is 0 Å². The number of carbonyl (C=O) groups is 1. The normalized spacial score (nSPS) is 19.8. The van der Waals surface area contributed by atoms with Crippen molar-refractivity contribution in [3.05, 3.63) is 35.9 Å². The molecule has 1 aliphatic heterocycles. The number of hydrogen-bond acceptors (Lipinski definition) is 4. The molecule has 2 rings (SSSR count). The van der Waals surface area contributed by atoms with Crippen LogP contribution in [0.4, 0.5) is 0 Å². The average Bonchev–Trinajstić information content (AvgIpc) is 2.66. The monoisotopic (exact) mass is 395 g/mol. The number of nitrogens with zero attached hydrogens (tertiary/aromatic N) is 2. The van der Waals surface area contributed by atoms with Gasteiger partial charge < -0.3 is 10.2 Å². The van der Waals surface area contributed by atoms with E-state index < -0.39 is 16.1 Å². The summed E-state index contributed by atoms with van der Waals surface area (Å²) in [6, 6.07) is 8.85. The number of rotatable bonds is 9. The summed E-state index contributed by atoms with van der Waals surface area (Å²) in [6.45, 7) is 4.88. The second-order valence-electron chi connectivity index (χ2n) is 7.33. The molecule has 7 heteroatoms. The molecule has 0 spiro atoms. The summed E-state index contributed by atoms with van der Waals surface area (Å²) < 4.78 is 25.1. The first kappa shape index (κ1) is 21.9. The van der Waals surface area contributed by atoms with E-state index in [9.17, 15) is 13.2 Å². The number of likely N-dealkylation sites (tertiary alicyclic amines) is 1. The fourth-order valence-corrected chi connectivity index (χ4v) is 4.36. The molecular weight excluding hydrogens is 362 g/mol. The molecule has 27 heavy (non-hydrogen) atoms. The number of carbonyl (C=O) groups excluding carboxylic acids is 1. The molecule has 0 aromatic heterocycles. The van der Waals surface area contributed by atoms with Crippen LogP contribution in [0.3, 0.4) is 0 Å². The molecule has 1 amide bonds. The van der Waals surface area contributed by atoms with Gasteiger partial charge in [-0.25, -0.2) is 8.42 Å². The van der Waals surface area contributed by atoms with E-state index in [1.165, 1.54) is 32.7 Å². The lowest BCUT2D eigenvalue weighted by Crippen LogP contribution is -2.43. The van der Waals surface area contributed by atoms with Crippen LogP contribution >= 0.6 is 0 Å². The smallest absolute Gasteiger partial charge is 0.242 e. The third-order valence-electron chi connectivity index (χ3n) is 5.39. The van der Waals surface area contributed by atoms with E-state index in [0.717, 1.165) is 30.1 Å². The minimum atomic E-state index is -3.49. The van der Waals surface area contributed by atoms with Crippen LogP contribution in [-0.4, -0.2) is 62.5 Å². The highest BCUT2D eigenvalue weighted by atomic mass is 32.2. The molecule has 1 heterocycles. The number of likely N-dealkylation sites (N-methyl/N-ethyl adjacent to an activating group) is 1. The van der Waals surface area contributed by atoms with Crippen molar-refractivity contribution in [1.82, 2.24) is 14.5 Å². The number of nitrogens with one attached hydrogen (secondary N) is 1. The van der Waals surface area contributed by atoms with Crippen LogP contribution in [-0.2, 0) is 14.8 Å². The molecule has 0 unspecified atom stereocenters. The SMILES string of the molecule is CC[C@@H]1CCCCN1CCCNC(=O)[C@H](c1ccccc1)N(C)S(C)(=O)=O. The average molecular weight is 396 g/mol. The molecule has 1 aromatic rings. The van der Waals surface area contributed by atoms with Gasteiger partial charge in [0.15, 0.2) is 0 Å². The van der Waals surface area contributed by atoms with Crippen LogP contribution in [0.5, 0.6) is 0 Å². The Hall–Kier alpha value is -1.44. The zero-order chi connectivity index (χ0) is 19.9. The topological polar surface area (TPSA) is 69.7 Å². The fraction of sp³-hybridized carbons (Fsp3) is 0.650. The number of amides is 1. The Kier molecular flexibility index (Phi) is 8.26. The third-order valence-corrected chi connectivity index (χ3v) is 6.65. The zero-order valence-corrected chi connectivity index (χ0v) is 17.5. The van der Waals surface area contributed by atoms with Crippen LogP contribution < -0.4 is 5.32 Å². The molecule has 1 aliphatic rings. The molecule has 2 atom stereocenters. The molecule has 1 saturated heterocycles. The van der Waals surface area contributed by atoms with Gasteiger partial charge in [-0.15, -0.1) is 0 Å².